The Morgan fingerprint density at radius 3 is 3.00 bits per heavy atom. The lowest BCUT2D eigenvalue weighted by Gasteiger charge is -2.10. The van der Waals surface area contributed by atoms with Gasteiger partial charge in [0.1, 0.15) is 5.76 Å². The lowest BCUT2D eigenvalue weighted by atomic mass is 10.00. The molecule has 0 fully saturated rings. The number of rotatable bonds is 3. The number of methoxy groups -OCH3 is 1. The molecule has 14 heavy (non-hydrogen) atoms. The number of hydrogen-bond acceptors (Lipinski definition) is 2. The zero-order valence-corrected chi connectivity index (χ0v) is 8.66. The van der Waals surface area contributed by atoms with Crippen LogP contribution in [0.25, 0.3) is 0 Å². The molecule has 0 heterocycles. The molecule has 0 aliphatic heterocycles. The second kappa shape index (κ2) is 5.45. The van der Waals surface area contributed by atoms with E-state index in [1.165, 1.54) is 5.57 Å². The van der Waals surface area contributed by atoms with Crippen LogP contribution in [0.15, 0.2) is 47.3 Å². The summed E-state index contributed by atoms with van der Waals surface area (Å²) < 4.78 is 4.96. The van der Waals surface area contributed by atoms with Crippen molar-refractivity contribution in [1.29, 1.82) is 0 Å². The quantitative estimate of drug-likeness (QED) is 0.745. The van der Waals surface area contributed by atoms with Crippen molar-refractivity contribution in [3.8, 4) is 0 Å². The van der Waals surface area contributed by atoms with Crippen LogP contribution >= 0.6 is 0 Å². The van der Waals surface area contributed by atoms with Gasteiger partial charge in [0.2, 0.25) is 0 Å². The molecule has 0 spiro atoms. The average Bonchev–Trinajstić information content (AvgIpc) is 2.19. The minimum absolute atomic E-state index is 0.359. The summed E-state index contributed by atoms with van der Waals surface area (Å²) in [7, 11) is 1.67. The van der Waals surface area contributed by atoms with Gasteiger partial charge in [-0.25, -0.2) is 0 Å². The summed E-state index contributed by atoms with van der Waals surface area (Å²) >= 11 is 0. The van der Waals surface area contributed by atoms with E-state index >= 15 is 0 Å². The highest BCUT2D eigenvalue weighted by molar-refractivity contribution is 5.45. The van der Waals surface area contributed by atoms with Crippen LogP contribution in [0.2, 0.25) is 0 Å². The van der Waals surface area contributed by atoms with Gasteiger partial charge >= 0.3 is 0 Å². The van der Waals surface area contributed by atoms with Gasteiger partial charge in [0.05, 0.1) is 6.61 Å². The number of hydrogen-bond donors (Lipinski definition) is 1. The molecule has 0 atom stereocenters. The van der Waals surface area contributed by atoms with Crippen molar-refractivity contribution in [3.63, 3.8) is 0 Å². The summed E-state index contributed by atoms with van der Waals surface area (Å²) in [6.45, 7) is 2.55. The number of aliphatic hydroxyl groups excluding tert-OH is 1. The highest BCUT2D eigenvalue weighted by Crippen LogP contribution is 2.21. The second-order valence-electron chi connectivity index (χ2n) is 3.13. The van der Waals surface area contributed by atoms with E-state index in [-0.39, 0.29) is 0 Å². The van der Waals surface area contributed by atoms with Crippen molar-refractivity contribution in [3.05, 3.63) is 47.3 Å². The van der Waals surface area contributed by atoms with Gasteiger partial charge in [-0.1, -0.05) is 18.2 Å². The van der Waals surface area contributed by atoms with Crippen LogP contribution in [0.4, 0.5) is 0 Å². The first-order valence-corrected chi connectivity index (χ1v) is 4.69. The Kier molecular flexibility index (Phi) is 4.20. The van der Waals surface area contributed by atoms with Crippen molar-refractivity contribution in [2.45, 2.75) is 13.3 Å². The highest BCUT2D eigenvalue weighted by atomic mass is 16.5. The van der Waals surface area contributed by atoms with Gasteiger partial charge in [-0.3, -0.25) is 0 Å². The first-order valence-electron chi connectivity index (χ1n) is 4.69. The third-order valence-electron chi connectivity index (χ3n) is 2.03. The molecule has 1 rings (SSSR count). The van der Waals surface area contributed by atoms with E-state index in [0.717, 1.165) is 12.0 Å². The van der Waals surface area contributed by atoms with Gasteiger partial charge < -0.3 is 9.84 Å². The fourth-order valence-corrected chi connectivity index (χ4v) is 1.31. The van der Waals surface area contributed by atoms with E-state index in [0.29, 0.717) is 12.4 Å². The van der Waals surface area contributed by atoms with Gasteiger partial charge in [0.15, 0.2) is 0 Å². The Bertz CT molecular complexity index is 306. The number of allylic oxidation sites excluding steroid dienone is 5. The molecule has 1 N–H and O–H groups in total. The monoisotopic (exact) mass is 192 g/mol. The van der Waals surface area contributed by atoms with Crippen LogP contribution in [-0.2, 0) is 4.74 Å². The van der Waals surface area contributed by atoms with E-state index in [9.17, 15) is 5.11 Å². The van der Waals surface area contributed by atoms with Crippen LogP contribution in [0.1, 0.15) is 13.3 Å². The number of ether oxygens (including phenoxy) is 1. The van der Waals surface area contributed by atoms with Crippen LogP contribution < -0.4 is 0 Å². The van der Waals surface area contributed by atoms with Crippen LogP contribution in [0.5, 0.6) is 0 Å². The summed E-state index contributed by atoms with van der Waals surface area (Å²) in [6.07, 6.45) is 10.4. The molecule has 0 amide bonds. The maximum Gasteiger partial charge on any atom is 0.119 e. The van der Waals surface area contributed by atoms with Gasteiger partial charge in [0.25, 0.3) is 0 Å². The van der Waals surface area contributed by atoms with Crippen LogP contribution in [-0.4, -0.2) is 18.8 Å². The van der Waals surface area contributed by atoms with Crippen molar-refractivity contribution in [2.75, 3.05) is 13.7 Å². The van der Waals surface area contributed by atoms with Crippen molar-refractivity contribution < 1.29 is 9.84 Å². The molecule has 0 aromatic heterocycles. The summed E-state index contributed by atoms with van der Waals surface area (Å²) in [5, 5.41) is 9.53. The molecule has 1 aliphatic rings. The molecule has 0 saturated carbocycles. The number of aliphatic hydroxyl groups is 1. The molecule has 0 radical (unpaired) electrons. The van der Waals surface area contributed by atoms with E-state index in [4.69, 9.17) is 4.74 Å². The molecule has 1 aliphatic carbocycles. The Morgan fingerprint density at radius 2 is 2.36 bits per heavy atom. The first-order chi connectivity index (χ1) is 6.77. The van der Waals surface area contributed by atoms with Gasteiger partial charge in [-0.15, -0.1) is 0 Å². The van der Waals surface area contributed by atoms with Crippen LogP contribution in [0.3, 0.4) is 0 Å². The molecule has 0 unspecified atom stereocenters. The molecule has 0 bridgehead atoms. The van der Waals surface area contributed by atoms with E-state index in [1.54, 1.807) is 7.11 Å². The third kappa shape index (κ3) is 2.89. The largest absolute Gasteiger partial charge is 0.508 e. The second-order valence-corrected chi connectivity index (χ2v) is 3.13. The van der Waals surface area contributed by atoms with Gasteiger partial charge in [0, 0.05) is 12.7 Å². The standard InChI is InChI=1S/C12H16O2/c1-3-4-11-9-10(7-8-14-2)5-6-12(11)13/h3-4,6-7,9,13H,5,8H2,1-2H3. The Labute approximate surface area is 84.9 Å². The average molecular weight is 192 g/mol. The molecular formula is C12H16O2. The van der Waals surface area contributed by atoms with Crippen molar-refractivity contribution in [2.24, 2.45) is 0 Å². The minimum Gasteiger partial charge on any atom is -0.508 e. The zero-order valence-electron chi connectivity index (χ0n) is 8.66. The fourth-order valence-electron chi connectivity index (χ4n) is 1.31. The van der Waals surface area contributed by atoms with E-state index < -0.39 is 0 Å². The normalized spacial score (nSPS) is 20.0. The lowest BCUT2D eigenvalue weighted by molar-refractivity contribution is 0.233. The Hall–Kier alpha value is -1.28. The lowest BCUT2D eigenvalue weighted by Crippen LogP contribution is -1.95. The summed E-state index contributed by atoms with van der Waals surface area (Å²) in [6, 6.07) is 0. The molecule has 0 aromatic carbocycles. The fraction of sp³-hybridized carbons (Fsp3) is 0.333. The maximum absolute atomic E-state index is 9.53. The van der Waals surface area contributed by atoms with Crippen molar-refractivity contribution in [1.82, 2.24) is 0 Å². The smallest absolute Gasteiger partial charge is 0.119 e. The molecular weight excluding hydrogens is 176 g/mol. The van der Waals surface area contributed by atoms with Crippen LogP contribution in [0, 0.1) is 0 Å². The van der Waals surface area contributed by atoms with E-state index in [1.807, 2.05) is 37.3 Å². The van der Waals surface area contributed by atoms with Gasteiger partial charge in [-0.05, 0) is 31.1 Å². The molecule has 0 aromatic rings. The predicted octanol–water partition coefficient (Wildman–Crippen LogP) is 2.91. The Morgan fingerprint density at radius 1 is 1.57 bits per heavy atom. The highest BCUT2D eigenvalue weighted by Gasteiger charge is 2.06. The van der Waals surface area contributed by atoms with Crippen molar-refractivity contribution >= 4 is 0 Å². The molecule has 2 heteroatoms. The Balaban J connectivity index is 2.79. The molecule has 76 valence electrons. The first kappa shape index (κ1) is 10.8. The molecule has 0 saturated heterocycles. The third-order valence-corrected chi connectivity index (χ3v) is 2.03. The summed E-state index contributed by atoms with van der Waals surface area (Å²) in [5.74, 6) is 0.359. The van der Waals surface area contributed by atoms with E-state index in [2.05, 4.69) is 0 Å². The van der Waals surface area contributed by atoms with Gasteiger partial charge in [-0.2, -0.15) is 0 Å². The SMILES string of the molecule is CC=CC1=CC(=CCOC)CC=C1O. The minimum atomic E-state index is 0.359. The maximum atomic E-state index is 9.53. The zero-order chi connectivity index (χ0) is 10.4. The predicted molar refractivity (Wildman–Crippen MR) is 58.2 cm³/mol. The summed E-state index contributed by atoms with van der Waals surface area (Å²) in [5.41, 5.74) is 2.04. The topological polar surface area (TPSA) is 29.5 Å². The molecule has 2 nitrogen and oxygen atoms in total. The summed E-state index contributed by atoms with van der Waals surface area (Å²) in [4.78, 5) is 0.